The summed E-state index contributed by atoms with van der Waals surface area (Å²) in [6.07, 6.45) is 4.80. The van der Waals surface area contributed by atoms with Crippen LogP contribution in [0.3, 0.4) is 0 Å². The number of aryl methyl sites for hydroxylation is 4. The fourth-order valence-corrected chi connectivity index (χ4v) is 13.1. The van der Waals surface area contributed by atoms with Crippen LogP contribution >= 0.6 is 15.8 Å². The Balaban J connectivity index is 0.000000527. The molecule has 8 aromatic rings. The molecule has 0 heterocycles. The second-order valence-corrected chi connectivity index (χ2v) is 20.4. The van der Waals surface area contributed by atoms with Crippen LogP contribution in [0.15, 0.2) is 170 Å². The van der Waals surface area contributed by atoms with Gasteiger partial charge in [-0.05, 0) is 121 Å². The third-order valence-electron chi connectivity index (χ3n) is 11.6. The monoisotopic (exact) mass is 894 g/mol. The third-order valence-corrected chi connectivity index (χ3v) is 16.6. The first kappa shape index (κ1) is 42.8. The second-order valence-electron chi connectivity index (χ2n) is 16.0. The Kier molecular flexibility index (Phi) is 14.1. The summed E-state index contributed by atoms with van der Waals surface area (Å²) in [6.45, 7) is 8.72. The predicted molar refractivity (Wildman–Crippen MR) is 258 cm³/mol. The van der Waals surface area contributed by atoms with Gasteiger partial charge < -0.3 is 11.5 Å². The van der Waals surface area contributed by atoms with Gasteiger partial charge in [-0.2, -0.15) is 0 Å². The van der Waals surface area contributed by atoms with Crippen molar-refractivity contribution < 1.29 is 19.5 Å². The van der Waals surface area contributed by atoms with E-state index in [-0.39, 0.29) is 31.6 Å². The molecule has 5 heteroatoms. The Morgan fingerprint density at radius 2 is 0.661 bits per heavy atom. The fourth-order valence-electron chi connectivity index (χ4n) is 8.24. The van der Waals surface area contributed by atoms with Gasteiger partial charge in [0.1, 0.15) is 0 Å². The van der Waals surface area contributed by atoms with Gasteiger partial charge in [0.05, 0.1) is 0 Å². The Bertz CT molecular complexity index is 2360. The normalized spacial score (nSPS) is 15.2. The van der Waals surface area contributed by atoms with Crippen LogP contribution in [0.25, 0.3) is 32.7 Å². The number of fused-ring (bicyclic) bond motifs is 2. The molecule has 1 fully saturated rings. The fraction of sp³-hybridized carbons (Fsp3) is 0.185. The summed E-state index contributed by atoms with van der Waals surface area (Å²) >= 11 is 0. The van der Waals surface area contributed by atoms with E-state index in [2.05, 4.69) is 198 Å². The van der Waals surface area contributed by atoms with Crippen LogP contribution in [0.4, 0.5) is 0 Å². The average Bonchev–Trinajstić information content (AvgIpc) is 3.25. The van der Waals surface area contributed by atoms with E-state index < -0.39 is 15.8 Å². The van der Waals surface area contributed by atoms with Gasteiger partial charge in [-0.3, -0.25) is 0 Å². The molecule has 9 rings (SSSR count). The molecule has 0 spiro atoms. The van der Waals surface area contributed by atoms with Gasteiger partial charge >= 0.3 is 0 Å². The quantitative estimate of drug-likeness (QED) is 0.124. The molecule has 0 unspecified atom stereocenters. The van der Waals surface area contributed by atoms with Crippen LogP contribution in [0.5, 0.6) is 0 Å². The van der Waals surface area contributed by atoms with E-state index in [4.69, 9.17) is 11.5 Å². The molecule has 0 aliphatic heterocycles. The molecule has 1 aliphatic rings. The van der Waals surface area contributed by atoms with E-state index in [1.54, 1.807) is 0 Å². The average molecular weight is 894 g/mol. The van der Waals surface area contributed by atoms with Crippen molar-refractivity contribution in [2.75, 3.05) is 0 Å². The standard InChI is InChI=1S/C48H40P2.C6H14N2.Ru/c1-33-13-23-39(24-14-33)49(40-25-15-34(2)16-26-40)45-31-21-37-9-5-7-11-43(37)47(45)48-44-12-8-6-10-38(44)22-32-46(48)50(41-27-17-35(3)18-28-41)42-29-19-36(4)20-30-42;7-5-3-1-2-4-6(5)8;/h5-32H,1-4H3;5-6H,1-4,7-8H2;/t;5-,6-;/m.1./s1. The van der Waals surface area contributed by atoms with Crippen LogP contribution in [-0.4, -0.2) is 12.1 Å². The Labute approximate surface area is 366 Å². The largest absolute Gasteiger partial charge is 0.326 e. The van der Waals surface area contributed by atoms with Gasteiger partial charge in [0, 0.05) is 31.6 Å². The first-order valence-electron chi connectivity index (χ1n) is 20.7. The van der Waals surface area contributed by atoms with Crippen molar-refractivity contribution >= 4 is 69.2 Å². The van der Waals surface area contributed by atoms with Crippen LogP contribution < -0.4 is 43.3 Å². The maximum absolute atomic E-state index is 5.65. The zero-order chi connectivity index (χ0) is 40.2. The van der Waals surface area contributed by atoms with Crippen LogP contribution in [-0.2, 0) is 19.5 Å². The number of hydrogen-bond donors (Lipinski definition) is 2. The van der Waals surface area contributed by atoms with Gasteiger partial charge in [-0.1, -0.05) is 205 Å². The molecule has 1 aliphatic carbocycles. The van der Waals surface area contributed by atoms with Crippen molar-refractivity contribution in [1.82, 2.24) is 0 Å². The second kappa shape index (κ2) is 19.4. The van der Waals surface area contributed by atoms with Gasteiger partial charge in [0.25, 0.3) is 0 Å². The third kappa shape index (κ3) is 9.53. The molecular formula is C54H54N2P2Ru. The van der Waals surface area contributed by atoms with E-state index in [0.717, 1.165) is 12.8 Å². The summed E-state index contributed by atoms with van der Waals surface area (Å²) in [7, 11) is -1.77. The number of hydrogen-bond acceptors (Lipinski definition) is 2. The van der Waals surface area contributed by atoms with Crippen LogP contribution in [0, 0.1) is 27.7 Å². The SMILES string of the molecule is Cc1ccc(P(c2ccc(C)cc2)c2ccc3ccccc3c2-c2c(P(c3ccc(C)cc3)c3ccc(C)cc3)ccc3ccccc23)cc1.N[C@@H]1CCCC[C@H]1N.[Ru]. The molecule has 0 bridgehead atoms. The summed E-state index contributed by atoms with van der Waals surface area (Å²) in [6, 6.07) is 65.2. The van der Waals surface area contributed by atoms with Crippen molar-refractivity contribution in [2.45, 2.75) is 65.5 Å². The smallest absolute Gasteiger partial charge is 0.0192 e. The van der Waals surface area contributed by atoms with E-state index in [0.29, 0.717) is 0 Å². The van der Waals surface area contributed by atoms with Gasteiger partial charge in [-0.15, -0.1) is 0 Å². The Hall–Kier alpha value is -4.32. The van der Waals surface area contributed by atoms with Crippen molar-refractivity contribution in [1.29, 1.82) is 0 Å². The van der Waals surface area contributed by atoms with E-state index in [1.165, 1.54) is 99.6 Å². The van der Waals surface area contributed by atoms with Crippen LogP contribution in [0.2, 0.25) is 0 Å². The maximum Gasteiger partial charge on any atom is 0.0192 e. The Morgan fingerprint density at radius 1 is 0.373 bits per heavy atom. The minimum absolute atomic E-state index is 0. The maximum atomic E-state index is 5.65. The zero-order valence-corrected chi connectivity index (χ0v) is 38.1. The molecule has 0 aromatic heterocycles. The van der Waals surface area contributed by atoms with Gasteiger partial charge in [0.15, 0.2) is 0 Å². The first-order valence-corrected chi connectivity index (χ1v) is 23.4. The minimum Gasteiger partial charge on any atom is -0.326 e. The molecule has 59 heavy (non-hydrogen) atoms. The predicted octanol–water partition coefficient (Wildman–Crippen LogP) is 10.6. The molecule has 298 valence electrons. The molecular weight excluding hydrogens is 840 g/mol. The minimum atomic E-state index is -0.885. The molecule has 8 aromatic carbocycles. The number of nitrogens with two attached hydrogens (primary N) is 2. The molecule has 1 saturated carbocycles. The molecule has 2 atom stereocenters. The molecule has 4 N–H and O–H groups in total. The van der Waals surface area contributed by atoms with E-state index >= 15 is 0 Å². The number of rotatable bonds is 7. The zero-order valence-electron chi connectivity index (χ0n) is 34.6. The van der Waals surface area contributed by atoms with Crippen molar-refractivity contribution in [3.63, 3.8) is 0 Å². The molecule has 2 nitrogen and oxygen atoms in total. The van der Waals surface area contributed by atoms with Gasteiger partial charge in [-0.25, -0.2) is 0 Å². The Morgan fingerprint density at radius 3 is 0.949 bits per heavy atom. The summed E-state index contributed by atoms with van der Waals surface area (Å²) in [4.78, 5) is 0. The summed E-state index contributed by atoms with van der Waals surface area (Å²) in [5.41, 5.74) is 19.1. The summed E-state index contributed by atoms with van der Waals surface area (Å²) in [5, 5.41) is 13.4. The van der Waals surface area contributed by atoms with Crippen molar-refractivity contribution in [2.24, 2.45) is 11.5 Å². The van der Waals surface area contributed by atoms with Gasteiger partial charge in [0.2, 0.25) is 0 Å². The molecule has 0 radical (unpaired) electrons. The van der Waals surface area contributed by atoms with E-state index in [1.807, 2.05) is 0 Å². The topological polar surface area (TPSA) is 52.0 Å². The molecule has 0 saturated heterocycles. The van der Waals surface area contributed by atoms with Crippen molar-refractivity contribution in [3.05, 3.63) is 192 Å². The summed E-state index contributed by atoms with van der Waals surface area (Å²) < 4.78 is 0. The van der Waals surface area contributed by atoms with E-state index in [9.17, 15) is 0 Å². The summed E-state index contributed by atoms with van der Waals surface area (Å²) in [5.74, 6) is 0. The molecule has 0 amide bonds. The first-order chi connectivity index (χ1) is 28.2. The van der Waals surface area contributed by atoms with Crippen LogP contribution in [0.1, 0.15) is 47.9 Å². The number of benzene rings is 8. The van der Waals surface area contributed by atoms with Crippen molar-refractivity contribution in [3.8, 4) is 11.1 Å².